The molecule has 0 bridgehead atoms. The van der Waals surface area contributed by atoms with E-state index in [1.165, 1.54) is 23.5 Å². The van der Waals surface area contributed by atoms with Crippen molar-refractivity contribution in [2.75, 3.05) is 6.54 Å². The summed E-state index contributed by atoms with van der Waals surface area (Å²) in [5.41, 5.74) is 5.88. The summed E-state index contributed by atoms with van der Waals surface area (Å²) in [5.74, 6) is -0.127. The van der Waals surface area contributed by atoms with Crippen LogP contribution in [0.3, 0.4) is 0 Å². The van der Waals surface area contributed by atoms with E-state index >= 15 is 0 Å². The van der Waals surface area contributed by atoms with Gasteiger partial charge in [0, 0.05) is 17.3 Å². The molecule has 102 valence electrons. The fourth-order valence-corrected chi connectivity index (χ4v) is 2.65. The number of fused-ring (bicyclic) bond motifs is 1. The lowest BCUT2D eigenvalue weighted by molar-refractivity contribution is 0.0953. The summed E-state index contributed by atoms with van der Waals surface area (Å²) in [6.07, 6.45) is 0. The van der Waals surface area contributed by atoms with Crippen LogP contribution in [0.1, 0.15) is 23.5 Å². The highest BCUT2D eigenvalue weighted by Gasteiger charge is 2.13. The number of thiophene rings is 1. The normalized spacial score (nSPS) is 12.9. The molecule has 19 heavy (non-hydrogen) atoms. The Morgan fingerprint density at radius 2 is 2.16 bits per heavy atom. The maximum Gasteiger partial charge on any atom is 0.261 e. The van der Waals surface area contributed by atoms with Gasteiger partial charge in [0.05, 0.1) is 4.88 Å². The Kier molecular flexibility index (Phi) is 4.17. The van der Waals surface area contributed by atoms with Gasteiger partial charge in [-0.3, -0.25) is 4.79 Å². The summed E-state index contributed by atoms with van der Waals surface area (Å²) in [7, 11) is 0. The first-order valence-electron chi connectivity index (χ1n) is 6.20. The summed E-state index contributed by atoms with van der Waals surface area (Å²) in [4.78, 5) is 12.6. The third-order valence-electron chi connectivity index (χ3n) is 3.06. The molecular formula is C14H17FN2OS. The van der Waals surface area contributed by atoms with Crippen molar-refractivity contribution in [1.29, 1.82) is 0 Å². The van der Waals surface area contributed by atoms with Crippen molar-refractivity contribution in [3.05, 3.63) is 35.0 Å². The van der Waals surface area contributed by atoms with Gasteiger partial charge >= 0.3 is 0 Å². The molecule has 0 fully saturated rings. The standard InChI is InChI=1S/C14H17FN2OS/c1-8(2)11(16)7-17-14(18)13-5-9-3-4-10(15)6-12(9)19-13/h3-6,8,11H,7,16H2,1-2H3,(H,17,18). The van der Waals surface area contributed by atoms with Crippen molar-refractivity contribution in [1.82, 2.24) is 5.32 Å². The van der Waals surface area contributed by atoms with Gasteiger partial charge in [0.1, 0.15) is 5.82 Å². The molecule has 0 saturated carbocycles. The molecule has 0 aliphatic heterocycles. The molecule has 1 aromatic heterocycles. The van der Waals surface area contributed by atoms with E-state index < -0.39 is 0 Å². The van der Waals surface area contributed by atoms with Crippen molar-refractivity contribution < 1.29 is 9.18 Å². The Bertz CT molecular complexity index is 594. The second kappa shape index (κ2) is 5.67. The third-order valence-corrected chi connectivity index (χ3v) is 4.16. The Morgan fingerprint density at radius 3 is 2.84 bits per heavy atom. The molecule has 2 rings (SSSR count). The van der Waals surface area contributed by atoms with Crippen molar-refractivity contribution >= 4 is 27.3 Å². The van der Waals surface area contributed by atoms with E-state index in [1.54, 1.807) is 12.1 Å². The number of hydrogen-bond donors (Lipinski definition) is 2. The first kappa shape index (κ1) is 14.0. The summed E-state index contributed by atoms with van der Waals surface area (Å²) >= 11 is 1.29. The van der Waals surface area contributed by atoms with Gasteiger partial charge in [0.2, 0.25) is 0 Å². The van der Waals surface area contributed by atoms with E-state index in [0.29, 0.717) is 17.3 Å². The second-order valence-corrected chi connectivity index (χ2v) is 5.99. The average molecular weight is 280 g/mol. The van der Waals surface area contributed by atoms with E-state index in [0.717, 1.165) is 10.1 Å². The van der Waals surface area contributed by atoms with Crippen LogP contribution in [-0.2, 0) is 0 Å². The molecule has 1 heterocycles. The maximum absolute atomic E-state index is 13.1. The van der Waals surface area contributed by atoms with E-state index in [9.17, 15) is 9.18 Å². The highest BCUT2D eigenvalue weighted by atomic mass is 32.1. The highest BCUT2D eigenvalue weighted by molar-refractivity contribution is 7.20. The minimum Gasteiger partial charge on any atom is -0.350 e. The van der Waals surface area contributed by atoms with E-state index in [1.807, 2.05) is 13.8 Å². The minimum atomic E-state index is -0.289. The average Bonchev–Trinajstić information content (AvgIpc) is 2.78. The summed E-state index contributed by atoms with van der Waals surface area (Å²) < 4.78 is 13.9. The predicted molar refractivity (Wildman–Crippen MR) is 76.9 cm³/mol. The van der Waals surface area contributed by atoms with E-state index in [-0.39, 0.29) is 17.8 Å². The number of carbonyl (C=O) groups excluding carboxylic acids is 1. The molecule has 1 unspecified atom stereocenters. The monoisotopic (exact) mass is 280 g/mol. The van der Waals surface area contributed by atoms with Crippen molar-refractivity contribution in [3.63, 3.8) is 0 Å². The fourth-order valence-electron chi connectivity index (χ4n) is 1.65. The van der Waals surface area contributed by atoms with Crippen LogP contribution in [0, 0.1) is 11.7 Å². The van der Waals surface area contributed by atoms with Gasteiger partial charge < -0.3 is 11.1 Å². The highest BCUT2D eigenvalue weighted by Crippen LogP contribution is 2.26. The van der Waals surface area contributed by atoms with Gasteiger partial charge in [-0.25, -0.2) is 4.39 Å². The molecular weight excluding hydrogens is 263 g/mol. The number of benzene rings is 1. The smallest absolute Gasteiger partial charge is 0.261 e. The SMILES string of the molecule is CC(C)C(N)CNC(=O)c1cc2ccc(F)cc2s1. The second-order valence-electron chi connectivity index (χ2n) is 4.91. The largest absolute Gasteiger partial charge is 0.350 e. The van der Waals surface area contributed by atoms with Gasteiger partial charge in [0.15, 0.2) is 0 Å². The van der Waals surface area contributed by atoms with Gasteiger partial charge in [-0.15, -0.1) is 11.3 Å². The molecule has 2 aromatic rings. The summed E-state index contributed by atoms with van der Waals surface area (Å²) in [6.45, 7) is 4.47. The molecule has 1 amide bonds. The van der Waals surface area contributed by atoms with Gasteiger partial charge in [0.25, 0.3) is 5.91 Å². The van der Waals surface area contributed by atoms with Crippen molar-refractivity contribution in [2.45, 2.75) is 19.9 Å². The third kappa shape index (κ3) is 3.30. The number of amides is 1. The van der Waals surface area contributed by atoms with Crippen LogP contribution in [0.4, 0.5) is 4.39 Å². The van der Waals surface area contributed by atoms with Crippen LogP contribution in [0.25, 0.3) is 10.1 Å². The molecule has 1 atom stereocenters. The molecule has 0 saturated heterocycles. The van der Waals surface area contributed by atoms with Crippen molar-refractivity contribution in [3.8, 4) is 0 Å². The molecule has 0 aliphatic carbocycles. The summed E-state index contributed by atoms with van der Waals surface area (Å²) in [6, 6.07) is 6.23. The first-order chi connectivity index (χ1) is 8.97. The number of hydrogen-bond acceptors (Lipinski definition) is 3. The predicted octanol–water partition coefficient (Wildman–Crippen LogP) is 2.75. The van der Waals surface area contributed by atoms with Crippen LogP contribution in [0.5, 0.6) is 0 Å². The molecule has 3 nitrogen and oxygen atoms in total. The molecule has 1 aromatic carbocycles. The van der Waals surface area contributed by atoms with Crippen LogP contribution in [0.15, 0.2) is 24.3 Å². The van der Waals surface area contributed by atoms with Crippen molar-refractivity contribution in [2.24, 2.45) is 11.7 Å². The zero-order chi connectivity index (χ0) is 14.0. The fraction of sp³-hybridized carbons (Fsp3) is 0.357. The Labute approximate surface area is 115 Å². The lowest BCUT2D eigenvalue weighted by Gasteiger charge is -2.15. The molecule has 0 aliphatic rings. The lowest BCUT2D eigenvalue weighted by Crippen LogP contribution is -2.40. The number of nitrogens with one attached hydrogen (secondary N) is 1. The number of rotatable bonds is 4. The maximum atomic E-state index is 13.1. The minimum absolute atomic E-state index is 0.0595. The molecule has 0 spiro atoms. The van der Waals surface area contributed by atoms with Crippen LogP contribution in [0.2, 0.25) is 0 Å². The Balaban J connectivity index is 2.09. The van der Waals surface area contributed by atoms with Crippen LogP contribution < -0.4 is 11.1 Å². The van der Waals surface area contributed by atoms with Crippen LogP contribution in [-0.4, -0.2) is 18.5 Å². The Hall–Kier alpha value is -1.46. The van der Waals surface area contributed by atoms with Gasteiger partial charge in [-0.2, -0.15) is 0 Å². The molecule has 3 N–H and O–H groups in total. The Morgan fingerprint density at radius 1 is 1.42 bits per heavy atom. The molecule has 0 radical (unpaired) electrons. The lowest BCUT2D eigenvalue weighted by atomic mass is 10.1. The zero-order valence-electron chi connectivity index (χ0n) is 10.9. The summed E-state index contributed by atoms with van der Waals surface area (Å²) in [5, 5.41) is 3.69. The number of halogens is 1. The first-order valence-corrected chi connectivity index (χ1v) is 7.02. The molecule has 5 heteroatoms. The number of nitrogens with two attached hydrogens (primary N) is 1. The topological polar surface area (TPSA) is 55.1 Å². The van der Waals surface area contributed by atoms with Gasteiger partial charge in [-0.05, 0) is 29.5 Å². The van der Waals surface area contributed by atoms with E-state index in [2.05, 4.69) is 5.32 Å². The van der Waals surface area contributed by atoms with Gasteiger partial charge in [-0.1, -0.05) is 19.9 Å². The zero-order valence-corrected chi connectivity index (χ0v) is 11.8. The number of carbonyl (C=O) groups is 1. The quantitative estimate of drug-likeness (QED) is 0.904. The van der Waals surface area contributed by atoms with Crippen LogP contribution >= 0.6 is 11.3 Å². The van der Waals surface area contributed by atoms with E-state index in [4.69, 9.17) is 5.73 Å².